The highest BCUT2D eigenvalue weighted by Gasteiger charge is 2.29. The maximum atomic E-state index is 12.4. The van der Waals surface area contributed by atoms with Crippen molar-refractivity contribution in [3.05, 3.63) is 35.4 Å². The van der Waals surface area contributed by atoms with Gasteiger partial charge in [-0.05, 0) is 31.0 Å². The van der Waals surface area contributed by atoms with Gasteiger partial charge in [-0.25, -0.2) is 0 Å². The zero-order valence-electron chi connectivity index (χ0n) is 12.5. The fourth-order valence-corrected chi connectivity index (χ4v) is 2.10. The van der Waals surface area contributed by atoms with Gasteiger partial charge in [-0.2, -0.15) is 13.2 Å². The van der Waals surface area contributed by atoms with Crippen molar-refractivity contribution in [3.8, 4) is 0 Å². The molecule has 0 heterocycles. The molecule has 2 nitrogen and oxygen atoms in total. The highest BCUT2D eigenvalue weighted by Crippen LogP contribution is 2.29. The predicted molar refractivity (Wildman–Crippen MR) is 76.9 cm³/mol. The molecule has 1 aromatic rings. The minimum Gasteiger partial charge on any atom is -0.353 e. The van der Waals surface area contributed by atoms with Crippen LogP contribution < -0.4 is 5.32 Å². The molecule has 0 bridgehead atoms. The van der Waals surface area contributed by atoms with Crippen molar-refractivity contribution in [3.63, 3.8) is 0 Å². The van der Waals surface area contributed by atoms with Crippen LogP contribution in [0.15, 0.2) is 24.3 Å². The molecule has 1 N–H and O–H groups in total. The standard InChI is InChI=1S/C16H22F3NO/c1-3-4-5-6-12(2)20-15(21)11-13-7-9-14(10-8-13)16(17,18)19/h7-10,12H,3-6,11H2,1-2H3,(H,20,21). The zero-order valence-corrected chi connectivity index (χ0v) is 12.5. The Hall–Kier alpha value is -1.52. The van der Waals surface area contributed by atoms with E-state index >= 15 is 0 Å². The minimum absolute atomic E-state index is 0.0958. The number of hydrogen-bond donors (Lipinski definition) is 1. The van der Waals surface area contributed by atoms with Gasteiger partial charge in [0.1, 0.15) is 0 Å². The molecule has 0 saturated heterocycles. The van der Waals surface area contributed by atoms with Gasteiger partial charge in [0.25, 0.3) is 0 Å². The molecule has 1 aromatic carbocycles. The van der Waals surface area contributed by atoms with Crippen LogP contribution in [0.5, 0.6) is 0 Å². The number of amides is 1. The van der Waals surface area contributed by atoms with Crippen molar-refractivity contribution in [1.29, 1.82) is 0 Å². The number of carbonyl (C=O) groups excluding carboxylic acids is 1. The van der Waals surface area contributed by atoms with E-state index in [2.05, 4.69) is 12.2 Å². The Kier molecular flexibility index (Phi) is 6.72. The molecule has 0 saturated carbocycles. The summed E-state index contributed by atoms with van der Waals surface area (Å²) in [5.41, 5.74) is -0.110. The fraction of sp³-hybridized carbons (Fsp3) is 0.562. The van der Waals surface area contributed by atoms with Crippen molar-refractivity contribution < 1.29 is 18.0 Å². The summed E-state index contributed by atoms with van der Waals surface area (Å²) in [4.78, 5) is 11.8. The van der Waals surface area contributed by atoms with Crippen LogP contribution in [-0.2, 0) is 17.4 Å². The van der Waals surface area contributed by atoms with E-state index in [0.717, 1.165) is 37.8 Å². The van der Waals surface area contributed by atoms with Crippen LogP contribution in [-0.4, -0.2) is 11.9 Å². The third kappa shape index (κ3) is 6.65. The average Bonchev–Trinajstić information content (AvgIpc) is 2.38. The molecule has 1 atom stereocenters. The molecule has 118 valence electrons. The molecule has 1 unspecified atom stereocenters. The van der Waals surface area contributed by atoms with Crippen molar-refractivity contribution in [1.82, 2.24) is 5.32 Å². The normalized spacial score (nSPS) is 13.0. The zero-order chi connectivity index (χ0) is 15.9. The number of hydrogen-bond acceptors (Lipinski definition) is 1. The SMILES string of the molecule is CCCCCC(C)NC(=O)Cc1ccc(C(F)(F)F)cc1. The van der Waals surface area contributed by atoms with E-state index in [1.165, 1.54) is 12.1 Å². The molecule has 0 aromatic heterocycles. The van der Waals surface area contributed by atoms with E-state index in [1.54, 1.807) is 0 Å². The number of rotatable bonds is 7. The topological polar surface area (TPSA) is 29.1 Å². The third-order valence-corrected chi connectivity index (χ3v) is 3.29. The van der Waals surface area contributed by atoms with E-state index in [0.29, 0.717) is 5.56 Å². The van der Waals surface area contributed by atoms with Gasteiger partial charge in [-0.15, -0.1) is 0 Å². The van der Waals surface area contributed by atoms with Gasteiger partial charge < -0.3 is 5.32 Å². The number of halogens is 3. The number of carbonyl (C=O) groups is 1. The Morgan fingerprint density at radius 1 is 1.19 bits per heavy atom. The first-order chi connectivity index (χ1) is 9.82. The smallest absolute Gasteiger partial charge is 0.353 e. The second-order valence-electron chi connectivity index (χ2n) is 5.34. The molecule has 1 amide bonds. The first kappa shape index (κ1) is 17.5. The summed E-state index contributed by atoms with van der Waals surface area (Å²) in [6.45, 7) is 4.06. The van der Waals surface area contributed by atoms with Crippen LogP contribution in [0.1, 0.15) is 50.7 Å². The molecule has 0 aliphatic heterocycles. The van der Waals surface area contributed by atoms with E-state index in [9.17, 15) is 18.0 Å². The molecule has 0 aliphatic carbocycles. The Morgan fingerprint density at radius 2 is 1.81 bits per heavy atom. The molecule has 21 heavy (non-hydrogen) atoms. The number of alkyl halides is 3. The lowest BCUT2D eigenvalue weighted by Gasteiger charge is -2.14. The number of unbranched alkanes of at least 4 members (excludes halogenated alkanes) is 2. The first-order valence-electron chi connectivity index (χ1n) is 7.28. The van der Waals surface area contributed by atoms with Gasteiger partial charge in [0, 0.05) is 6.04 Å². The van der Waals surface area contributed by atoms with Crippen molar-refractivity contribution in [2.45, 2.75) is 58.2 Å². The lowest BCUT2D eigenvalue weighted by atomic mass is 10.1. The fourth-order valence-electron chi connectivity index (χ4n) is 2.10. The van der Waals surface area contributed by atoms with E-state index in [-0.39, 0.29) is 18.4 Å². The van der Waals surface area contributed by atoms with Crippen LogP contribution in [0, 0.1) is 0 Å². The minimum atomic E-state index is -4.34. The molecule has 5 heteroatoms. The maximum absolute atomic E-state index is 12.4. The van der Waals surface area contributed by atoms with Crippen LogP contribution in [0.25, 0.3) is 0 Å². The summed E-state index contributed by atoms with van der Waals surface area (Å²) in [7, 11) is 0. The molecular weight excluding hydrogens is 279 g/mol. The van der Waals surface area contributed by atoms with Crippen molar-refractivity contribution in [2.24, 2.45) is 0 Å². The molecule has 0 spiro atoms. The summed E-state index contributed by atoms with van der Waals surface area (Å²) in [6, 6.07) is 4.81. The predicted octanol–water partition coefficient (Wildman–Crippen LogP) is 4.33. The Morgan fingerprint density at radius 3 is 2.33 bits per heavy atom. The lowest BCUT2D eigenvalue weighted by molar-refractivity contribution is -0.137. The van der Waals surface area contributed by atoms with Crippen LogP contribution in [0.4, 0.5) is 13.2 Å². The Bertz CT molecular complexity index is 440. The maximum Gasteiger partial charge on any atom is 0.416 e. The summed E-state index contributed by atoms with van der Waals surface area (Å²) in [6.07, 6.45) is 0.0288. The van der Waals surface area contributed by atoms with Crippen molar-refractivity contribution >= 4 is 5.91 Å². The van der Waals surface area contributed by atoms with Gasteiger partial charge in [0.05, 0.1) is 12.0 Å². The van der Waals surface area contributed by atoms with Gasteiger partial charge >= 0.3 is 6.18 Å². The number of nitrogens with one attached hydrogen (secondary N) is 1. The van der Waals surface area contributed by atoms with E-state index in [4.69, 9.17) is 0 Å². The summed E-state index contributed by atoms with van der Waals surface area (Å²) < 4.78 is 37.3. The highest BCUT2D eigenvalue weighted by atomic mass is 19.4. The van der Waals surface area contributed by atoms with Gasteiger partial charge in [-0.1, -0.05) is 38.3 Å². The summed E-state index contributed by atoms with van der Waals surface area (Å²) in [5.74, 6) is -0.154. The second-order valence-corrected chi connectivity index (χ2v) is 5.34. The highest BCUT2D eigenvalue weighted by molar-refractivity contribution is 5.78. The Labute approximate surface area is 123 Å². The molecule has 0 radical (unpaired) electrons. The largest absolute Gasteiger partial charge is 0.416 e. The molecule has 1 rings (SSSR count). The quantitative estimate of drug-likeness (QED) is 0.746. The van der Waals surface area contributed by atoms with Crippen LogP contribution in [0.2, 0.25) is 0 Å². The van der Waals surface area contributed by atoms with Crippen molar-refractivity contribution in [2.75, 3.05) is 0 Å². The van der Waals surface area contributed by atoms with Crippen LogP contribution in [0.3, 0.4) is 0 Å². The molecular formula is C16H22F3NO. The van der Waals surface area contributed by atoms with Gasteiger partial charge in [-0.3, -0.25) is 4.79 Å². The van der Waals surface area contributed by atoms with E-state index < -0.39 is 11.7 Å². The van der Waals surface area contributed by atoms with Gasteiger partial charge in [0.15, 0.2) is 0 Å². The summed E-state index contributed by atoms with van der Waals surface area (Å²) in [5, 5.41) is 2.87. The number of benzene rings is 1. The third-order valence-electron chi connectivity index (χ3n) is 3.29. The summed E-state index contributed by atoms with van der Waals surface area (Å²) >= 11 is 0. The molecule has 0 fully saturated rings. The monoisotopic (exact) mass is 301 g/mol. The Balaban J connectivity index is 2.44. The molecule has 0 aliphatic rings. The van der Waals surface area contributed by atoms with Crippen LogP contribution >= 0.6 is 0 Å². The lowest BCUT2D eigenvalue weighted by Crippen LogP contribution is -2.33. The second kappa shape index (κ2) is 8.05. The van der Waals surface area contributed by atoms with Gasteiger partial charge in [0.2, 0.25) is 5.91 Å². The average molecular weight is 301 g/mol. The van der Waals surface area contributed by atoms with E-state index in [1.807, 2.05) is 6.92 Å². The first-order valence-corrected chi connectivity index (χ1v) is 7.28.